The Morgan fingerprint density at radius 3 is 2.60 bits per heavy atom. The second-order valence-electron chi connectivity index (χ2n) is 0.816. The maximum Gasteiger partial charge on any atom is -0.0136 e. The lowest BCUT2D eigenvalue weighted by Gasteiger charge is -1.77. The Labute approximate surface area is 34.2 Å². The van der Waals surface area contributed by atoms with Crippen LogP contribution in [0.15, 0.2) is 0 Å². The molecule has 0 saturated carbocycles. The summed E-state index contributed by atoms with van der Waals surface area (Å²) in [5.41, 5.74) is 0. The normalized spacial score (nSPS) is 8.40. The quantitative estimate of drug-likeness (QED) is 0.460. The molecule has 0 aliphatic carbocycles. The van der Waals surface area contributed by atoms with Crippen molar-refractivity contribution in [3.05, 3.63) is 19.8 Å². The van der Waals surface area contributed by atoms with Crippen LogP contribution in [0.25, 0.3) is 0 Å². The number of hydrogen-bond donors (Lipinski definition) is 0. The first-order valence-electron chi connectivity index (χ1n) is 1.76. The third-order valence-corrected chi connectivity index (χ3v) is 0.348. The predicted octanol–water partition coefficient (Wildman–Crippen LogP) is 1.52. The Morgan fingerprint density at radius 2 is 2.60 bits per heavy atom. The largest absolute Gasteiger partial charge is 0.0651 e. The van der Waals surface area contributed by atoms with Crippen LogP contribution in [0.4, 0.5) is 0 Å². The summed E-state index contributed by atoms with van der Waals surface area (Å²) >= 11 is 0. The SMILES string of the molecule is [CH2][C][CH]CC. The van der Waals surface area contributed by atoms with Crippen molar-refractivity contribution in [1.82, 2.24) is 0 Å². The first-order valence-corrected chi connectivity index (χ1v) is 1.76. The van der Waals surface area contributed by atoms with Crippen LogP contribution in [-0.4, -0.2) is 0 Å². The van der Waals surface area contributed by atoms with Crippen LogP contribution >= 0.6 is 0 Å². The fraction of sp³-hybridized carbons (Fsp3) is 0.400. The van der Waals surface area contributed by atoms with Gasteiger partial charge in [0, 0.05) is 0 Å². The first kappa shape index (κ1) is 5.00. The summed E-state index contributed by atoms with van der Waals surface area (Å²) in [6.07, 6.45) is 5.58. The third-order valence-electron chi connectivity index (χ3n) is 0.348. The van der Waals surface area contributed by atoms with Gasteiger partial charge in [-0.15, -0.1) is 0 Å². The van der Waals surface area contributed by atoms with Crippen LogP contribution in [0.1, 0.15) is 13.3 Å². The predicted molar refractivity (Wildman–Crippen MR) is 23.2 cm³/mol. The molecule has 4 radical (unpaired) electrons. The van der Waals surface area contributed by atoms with Gasteiger partial charge in [0.2, 0.25) is 0 Å². The zero-order chi connectivity index (χ0) is 4.12. The Kier molecular flexibility index (Phi) is 4.00. The van der Waals surface area contributed by atoms with E-state index in [1.165, 1.54) is 0 Å². The van der Waals surface area contributed by atoms with E-state index < -0.39 is 0 Å². The van der Waals surface area contributed by atoms with Crippen molar-refractivity contribution < 1.29 is 0 Å². The summed E-state index contributed by atoms with van der Waals surface area (Å²) in [5.74, 6) is 0. The molecule has 0 spiro atoms. The smallest absolute Gasteiger partial charge is 0.0136 e. The van der Waals surface area contributed by atoms with Crippen LogP contribution in [-0.2, 0) is 0 Å². The third kappa shape index (κ3) is 4.00. The monoisotopic (exact) mass is 68.1 g/mol. The van der Waals surface area contributed by atoms with E-state index in [1.807, 2.05) is 6.42 Å². The summed E-state index contributed by atoms with van der Waals surface area (Å²) in [6, 6.07) is 0. The Hall–Kier alpha value is 0. The molecule has 0 saturated heterocycles. The highest BCUT2D eigenvalue weighted by Gasteiger charge is 1.70. The molecule has 0 N–H and O–H groups in total. The molecule has 0 aliphatic heterocycles. The average molecular weight is 68.1 g/mol. The molecule has 0 aromatic heterocycles. The maximum absolute atomic E-state index is 3.37. The highest BCUT2D eigenvalue weighted by molar-refractivity contribution is 4.83. The van der Waals surface area contributed by atoms with Gasteiger partial charge in [-0.1, -0.05) is 13.3 Å². The zero-order valence-electron chi connectivity index (χ0n) is 3.49. The van der Waals surface area contributed by atoms with Gasteiger partial charge in [0.05, 0.1) is 0 Å². The van der Waals surface area contributed by atoms with Crippen molar-refractivity contribution in [3.8, 4) is 0 Å². The van der Waals surface area contributed by atoms with Gasteiger partial charge in [-0.25, -0.2) is 0 Å². The molecule has 0 rings (SSSR count). The van der Waals surface area contributed by atoms with E-state index in [4.69, 9.17) is 0 Å². The number of rotatable bonds is 2. The highest BCUT2D eigenvalue weighted by Crippen LogP contribution is 1.84. The summed E-state index contributed by atoms with van der Waals surface area (Å²) in [4.78, 5) is 0. The molecule has 28 valence electrons. The van der Waals surface area contributed by atoms with Crippen molar-refractivity contribution in [2.75, 3.05) is 0 Å². The molecule has 0 heterocycles. The zero-order valence-corrected chi connectivity index (χ0v) is 3.49. The molecule has 0 atom stereocenters. The Morgan fingerprint density at radius 1 is 2.00 bits per heavy atom. The standard InChI is InChI=1S/C5H8/c1-3-5-4-2/h5H,1,4H2,2H3. The molecule has 0 aliphatic rings. The fourth-order valence-corrected chi connectivity index (χ4v) is 0.144. The molecule has 0 unspecified atom stereocenters. The van der Waals surface area contributed by atoms with E-state index in [2.05, 4.69) is 20.3 Å². The minimum atomic E-state index is 1.05. The summed E-state index contributed by atoms with van der Waals surface area (Å²) in [5, 5.41) is 0. The lowest BCUT2D eigenvalue weighted by molar-refractivity contribution is 1.12. The van der Waals surface area contributed by atoms with Gasteiger partial charge in [0.1, 0.15) is 0 Å². The van der Waals surface area contributed by atoms with Crippen molar-refractivity contribution >= 4 is 0 Å². The number of unbranched alkanes of at least 4 members (excludes halogenated alkanes) is 2. The van der Waals surface area contributed by atoms with Crippen molar-refractivity contribution in [2.45, 2.75) is 13.3 Å². The summed E-state index contributed by atoms with van der Waals surface area (Å²) in [7, 11) is 0. The molecule has 0 nitrogen and oxygen atoms in total. The molecule has 5 heavy (non-hydrogen) atoms. The topological polar surface area (TPSA) is 0 Å². The first-order chi connectivity index (χ1) is 2.41. The molecule has 0 aromatic rings. The van der Waals surface area contributed by atoms with Gasteiger partial charge < -0.3 is 0 Å². The molecule has 0 heteroatoms. The highest BCUT2D eigenvalue weighted by atomic mass is 13.7. The molecule has 0 amide bonds. The molecular formula is C5H8. The fourth-order valence-electron chi connectivity index (χ4n) is 0.144. The summed E-state index contributed by atoms with van der Waals surface area (Å²) in [6.45, 7) is 5.42. The van der Waals surface area contributed by atoms with Crippen molar-refractivity contribution in [2.24, 2.45) is 0 Å². The van der Waals surface area contributed by atoms with Gasteiger partial charge in [-0.2, -0.15) is 0 Å². The van der Waals surface area contributed by atoms with E-state index in [0.717, 1.165) is 6.42 Å². The molecule has 0 fully saturated rings. The average Bonchev–Trinajstić information content (AvgIpc) is 1.41. The van der Waals surface area contributed by atoms with Gasteiger partial charge in [-0.3, -0.25) is 0 Å². The van der Waals surface area contributed by atoms with Crippen LogP contribution < -0.4 is 0 Å². The lowest BCUT2D eigenvalue weighted by atomic mass is 10.3. The van der Waals surface area contributed by atoms with E-state index in [-0.39, 0.29) is 0 Å². The Balaban J connectivity index is 2.19. The maximum atomic E-state index is 3.37. The second-order valence-corrected chi connectivity index (χ2v) is 0.816. The molecule has 0 aromatic carbocycles. The van der Waals surface area contributed by atoms with Gasteiger partial charge in [-0.05, 0) is 19.8 Å². The van der Waals surface area contributed by atoms with Gasteiger partial charge in [0.15, 0.2) is 0 Å². The minimum Gasteiger partial charge on any atom is -0.0651 e. The van der Waals surface area contributed by atoms with E-state index >= 15 is 0 Å². The van der Waals surface area contributed by atoms with Crippen molar-refractivity contribution in [3.63, 3.8) is 0 Å². The van der Waals surface area contributed by atoms with Crippen LogP contribution in [0.2, 0.25) is 0 Å². The molecular weight excluding hydrogens is 60.1 g/mol. The van der Waals surface area contributed by atoms with E-state index in [9.17, 15) is 0 Å². The summed E-state index contributed by atoms with van der Waals surface area (Å²) < 4.78 is 0. The van der Waals surface area contributed by atoms with Crippen molar-refractivity contribution in [1.29, 1.82) is 0 Å². The van der Waals surface area contributed by atoms with Crippen LogP contribution in [0.3, 0.4) is 0 Å². The Bertz CT molecular complexity index is 7.51. The van der Waals surface area contributed by atoms with Crippen LogP contribution in [0.5, 0.6) is 0 Å². The molecule has 0 bridgehead atoms. The lowest BCUT2D eigenvalue weighted by Crippen LogP contribution is -1.63. The van der Waals surface area contributed by atoms with Crippen LogP contribution in [0, 0.1) is 19.8 Å². The minimum absolute atomic E-state index is 1.05. The van der Waals surface area contributed by atoms with Gasteiger partial charge in [0.25, 0.3) is 0 Å². The number of hydrogen-bond acceptors (Lipinski definition) is 0. The van der Waals surface area contributed by atoms with Gasteiger partial charge >= 0.3 is 0 Å². The van der Waals surface area contributed by atoms with E-state index in [1.54, 1.807) is 0 Å². The second kappa shape index (κ2) is 4.00. The van der Waals surface area contributed by atoms with E-state index in [0.29, 0.717) is 0 Å².